The van der Waals surface area contributed by atoms with Crippen molar-refractivity contribution < 1.29 is 22.8 Å². The molecule has 0 aliphatic carbocycles. The first-order valence-corrected chi connectivity index (χ1v) is 9.30. The van der Waals surface area contributed by atoms with Gasteiger partial charge in [0.15, 0.2) is 5.13 Å². The lowest BCUT2D eigenvalue weighted by Gasteiger charge is -2.34. The molecule has 1 aromatic carbocycles. The van der Waals surface area contributed by atoms with Crippen LogP contribution in [0.25, 0.3) is 10.2 Å². The molecule has 11 heteroatoms. The highest BCUT2D eigenvalue weighted by atomic mass is 32.1. The van der Waals surface area contributed by atoms with Crippen LogP contribution in [0.5, 0.6) is 0 Å². The van der Waals surface area contributed by atoms with Gasteiger partial charge in [0.25, 0.3) is 5.69 Å². The number of piperazine rings is 1. The van der Waals surface area contributed by atoms with Crippen LogP contribution in [0.15, 0.2) is 18.2 Å². The zero-order valence-corrected chi connectivity index (χ0v) is 15.3. The molecule has 1 aliphatic heterocycles. The number of nitro benzene ring substituents is 1. The highest BCUT2D eigenvalue weighted by Gasteiger charge is 2.27. The summed E-state index contributed by atoms with van der Waals surface area (Å²) in [6.45, 7) is 2.67. The Morgan fingerprint density at radius 1 is 1.26 bits per heavy atom. The minimum absolute atomic E-state index is 0.0512. The Morgan fingerprint density at radius 3 is 2.67 bits per heavy atom. The molecule has 7 nitrogen and oxygen atoms in total. The van der Waals surface area contributed by atoms with Crippen LogP contribution < -0.4 is 4.90 Å². The Kier molecular flexibility index (Phi) is 6.12. The molecular formula is C16H19F3N4O3S. The molecule has 0 N–H and O–H groups in total. The number of fused-ring (bicyclic) bond motifs is 1. The van der Waals surface area contributed by atoms with E-state index in [-0.39, 0.29) is 12.3 Å². The molecule has 0 spiro atoms. The molecule has 1 aromatic heterocycles. The Balaban J connectivity index is 1.46. The molecule has 0 atom stereocenters. The molecule has 0 saturated carbocycles. The Bertz CT molecular complexity index is 791. The van der Waals surface area contributed by atoms with E-state index in [1.54, 1.807) is 6.07 Å². The molecule has 148 valence electrons. The third-order valence-electron chi connectivity index (χ3n) is 4.24. The molecule has 0 bridgehead atoms. The van der Waals surface area contributed by atoms with Crippen LogP contribution in [0, 0.1) is 10.1 Å². The van der Waals surface area contributed by atoms with Crippen LogP contribution in [0.2, 0.25) is 0 Å². The summed E-state index contributed by atoms with van der Waals surface area (Å²) in [5.41, 5.74) is 0.792. The topological polar surface area (TPSA) is 71.7 Å². The number of aromatic nitrogens is 1. The number of non-ortho nitro benzene ring substituents is 1. The van der Waals surface area contributed by atoms with Gasteiger partial charge in [-0.25, -0.2) is 4.98 Å². The summed E-state index contributed by atoms with van der Waals surface area (Å²) in [7, 11) is 0. The predicted octanol–water partition coefficient (Wildman–Crippen LogP) is 3.30. The third kappa shape index (κ3) is 5.50. The zero-order valence-electron chi connectivity index (χ0n) is 14.4. The molecule has 0 radical (unpaired) electrons. The van der Waals surface area contributed by atoms with E-state index >= 15 is 0 Å². The molecular weight excluding hydrogens is 385 g/mol. The first-order chi connectivity index (χ1) is 12.8. The largest absolute Gasteiger partial charge is 0.411 e. The maximum Gasteiger partial charge on any atom is 0.411 e. The van der Waals surface area contributed by atoms with Gasteiger partial charge in [-0.05, 0) is 12.5 Å². The van der Waals surface area contributed by atoms with Crippen molar-refractivity contribution >= 4 is 32.4 Å². The fourth-order valence-corrected chi connectivity index (χ4v) is 3.94. The maximum absolute atomic E-state index is 12.0. The summed E-state index contributed by atoms with van der Waals surface area (Å²) < 4.78 is 41.4. The van der Waals surface area contributed by atoms with Gasteiger partial charge in [-0.2, -0.15) is 13.2 Å². The van der Waals surface area contributed by atoms with Crippen LogP contribution in [0.4, 0.5) is 24.0 Å². The van der Waals surface area contributed by atoms with E-state index in [4.69, 9.17) is 0 Å². The van der Waals surface area contributed by atoms with Gasteiger partial charge >= 0.3 is 6.18 Å². The van der Waals surface area contributed by atoms with E-state index in [0.717, 1.165) is 41.5 Å². The number of hydrogen-bond donors (Lipinski definition) is 0. The van der Waals surface area contributed by atoms with Gasteiger partial charge in [0.2, 0.25) is 0 Å². The molecule has 2 aromatic rings. The number of nitro groups is 1. The summed E-state index contributed by atoms with van der Waals surface area (Å²) >= 11 is 1.43. The Labute approximate surface area is 157 Å². The van der Waals surface area contributed by atoms with E-state index in [1.807, 2.05) is 0 Å². The van der Waals surface area contributed by atoms with E-state index in [0.29, 0.717) is 13.0 Å². The number of ether oxygens (including phenoxy) is 1. The van der Waals surface area contributed by atoms with E-state index in [9.17, 15) is 23.3 Å². The average Bonchev–Trinajstić information content (AvgIpc) is 3.04. The van der Waals surface area contributed by atoms with Crippen molar-refractivity contribution in [2.24, 2.45) is 0 Å². The standard InChI is InChI=1S/C16H19F3N4O3S/c17-16(18,19)11-26-9-1-4-21-5-7-22(8-6-21)15-20-13-3-2-12(23(24)25)10-14(13)27-15/h2-3,10H,1,4-9,11H2. The number of rotatable bonds is 7. The number of hydrogen-bond acceptors (Lipinski definition) is 7. The van der Waals surface area contributed by atoms with Crippen molar-refractivity contribution in [1.82, 2.24) is 9.88 Å². The number of benzene rings is 1. The summed E-state index contributed by atoms with van der Waals surface area (Å²) in [6.07, 6.45) is -3.72. The van der Waals surface area contributed by atoms with Gasteiger partial charge in [0.1, 0.15) is 6.61 Å². The van der Waals surface area contributed by atoms with Crippen molar-refractivity contribution in [1.29, 1.82) is 0 Å². The van der Waals surface area contributed by atoms with Crippen LogP contribution in [-0.4, -0.2) is 66.9 Å². The second-order valence-corrected chi connectivity index (χ2v) is 7.26. The van der Waals surface area contributed by atoms with Gasteiger partial charge < -0.3 is 9.64 Å². The molecule has 1 aliphatic rings. The molecule has 27 heavy (non-hydrogen) atoms. The maximum atomic E-state index is 12.0. The van der Waals surface area contributed by atoms with Crippen LogP contribution in [0.1, 0.15) is 6.42 Å². The monoisotopic (exact) mass is 404 g/mol. The molecule has 1 saturated heterocycles. The number of nitrogens with zero attached hydrogens (tertiary/aromatic N) is 4. The Hall–Kier alpha value is -1.98. The quantitative estimate of drug-likeness (QED) is 0.401. The van der Waals surface area contributed by atoms with Gasteiger partial charge in [-0.1, -0.05) is 11.3 Å². The highest BCUT2D eigenvalue weighted by molar-refractivity contribution is 7.22. The van der Waals surface area contributed by atoms with E-state index in [1.165, 1.54) is 23.5 Å². The van der Waals surface area contributed by atoms with E-state index < -0.39 is 17.7 Å². The lowest BCUT2D eigenvalue weighted by atomic mass is 10.3. The average molecular weight is 404 g/mol. The number of anilines is 1. The minimum atomic E-state index is -4.27. The smallest absolute Gasteiger partial charge is 0.372 e. The van der Waals surface area contributed by atoms with Crippen LogP contribution in [0.3, 0.4) is 0 Å². The second kappa shape index (κ2) is 8.36. The molecule has 0 amide bonds. The Morgan fingerprint density at radius 2 is 2.00 bits per heavy atom. The van der Waals surface area contributed by atoms with Gasteiger partial charge in [0, 0.05) is 51.5 Å². The summed E-state index contributed by atoms with van der Waals surface area (Å²) in [5, 5.41) is 11.7. The fourth-order valence-electron chi connectivity index (χ4n) is 2.89. The number of thiazole rings is 1. The number of alkyl halides is 3. The van der Waals surface area contributed by atoms with E-state index in [2.05, 4.69) is 19.5 Å². The van der Waals surface area contributed by atoms with Crippen molar-refractivity contribution in [3.63, 3.8) is 0 Å². The van der Waals surface area contributed by atoms with Crippen molar-refractivity contribution in [3.8, 4) is 0 Å². The number of halogens is 3. The molecule has 3 rings (SSSR count). The molecule has 1 fully saturated rings. The first kappa shape index (κ1) is 19.8. The third-order valence-corrected chi connectivity index (χ3v) is 5.32. The lowest BCUT2D eigenvalue weighted by molar-refractivity contribution is -0.384. The van der Waals surface area contributed by atoms with Crippen LogP contribution >= 0.6 is 11.3 Å². The normalized spacial score (nSPS) is 16.2. The lowest BCUT2D eigenvalue weighted by Crippen LogP contribution is -2.46. The van der Waals surface area contributed by atoms with Gasteiger partial charge in [-0.15, -0.1) is 0 Å². The SMILES string of the molecule is O=[N+]([O-])c1ccc2nc(N3CCN(CCCOCC(F)(F)F)CC3)sc2c1. The summed E-state index contributed by atoms with van der Waals surface area (Å²) in [5.74, 6) is 0. The highest BCUT2D eigenvalue weighted by Crippen LogP contribution is 2.31. The molecule has 2 heterocycles. The predicted molar refractivity (Wildman–Crippen MR) is 96.4 cm³/mol. The fraction of sp³-hybridized carbons (Fsp3) is 0.562. The van der Waals surface area contributed by atoms with Crippen molar-refractivity contribution in [3.05, 3.63) is 28.3 Å². The summed E-state index contributed by atoms with van der Waals surface area (Å²) in [4.78, 5) is 19.3. The summed E-state index contributed by atoms with van der Waals surface area (Å²) in [6, 6.07) is 4.64. The van der Waals surface area contributed by atoms with Crippen molar-refractivity contribution in [2.45, 2.75) is 12.6 Å². The van der Waals surface area contributed by atoms with Gasteiger partial charge in [-0.3, -0.25) is 15.0 Å². The van der Waals surface area contributed by atoms with Gasteiger partial charge in [0.05, 0.1) is 15.1 Å². The van der Waals surface area contributed by atoms with Crippen molar-refractivity contribution in [2.75, 3.05) is 50.8 Å². The second-order valence-electron chi connectivity index (χ2n) is 6.26. The first-order valence-electron chi connectivity index (χ1n) is 8.48. The molecule has 0 unspecified atom stereocenters. The zero-order chi connectivity index (χ0) is 19.4. The van der Waals surface area contributed by atoms with Crippen LogP contribution in [-0.2, 0) is 4.74 Å². The minimum Gasteiger partial charge on any atom is -0.372 e.